The predicted octanol–water partition coefficient (Wildman–Crippen LogP) is 0.316. The summed E-state index contributed by atoms with van der Waals surface area (Å²) in [6.07, 6.45) is 1.09. The lowest BCUT2D eigenvalue weighted by Gasteiger charge is -2.25. The van der Waals surface area contributed by atoms with Gasteiger partial charge in [-0.3, -0.25) is 4.39 Å². The van der Waals surface area contributed by atoms with Crippen LogP contribution >= 0.6 is 0 Å². The first-order valence-electron chi connectivity index (χ1n) is 3.77. The van der Waals surface area contributed by atoms with E-state index in [4.69, 9.17) is 5.11 Å². The fourth-order valence-electron chi connectivity index (χ4n) is 1.38. The molecule has 0 aromatic carbocycles. The molecule has 1 aliphatic heterocycles. The zero-order valence-corrected chi connectivity index (χ0v) is 6.02. The molecule has 60 valence electrons. The van der Waals surface area contributed by atoms with Gasteiger partial charge in [-0.05, 0) is 25.3 Å². The smallest absolute Gasteiger partial charge is 0.0897 e. The van der Waals surface area contributed by atoms with E-state index in [0.29, 0.717) is 18.9 Å². The zero-order valence-electron chi connectivity index (χ0n) is 6.02. The first-order chi connectivity index (χ1) is 4.83. The molecule has 3 heteroatoms. The van der Waals surface area contributed by atoms with E-state index < -0.39 is 0 Å². The maximum Gasteiger partial charge on any atom is 0.0897 e. The van der Waals surface area contributed by atoms with Gasteiger partial charge in [-0.2, -0.15) is 0 Å². The average Bonchev–Trinajstić information content (AvgIpc) is 1.88. The van der Waals surface area contributed by atoms with Crippen molar-refractivity contribution in [3.8, 4) is 0 Å². The van der Waals surface area contributed by atoms with Crippen LogP contribution in [0.4, 0.5) is 4.39 Å². The minimum atomic E-state index is -0.265. The van der Waals surface area contributed by atoms with Crippen molar-refractivity contribution in [2.75, 3.05) is 19.8 Å². The Hall–Kier alpha value is -0.150. The number of alkyl halides is 1. The summed E-state index contributed by atoms with van der Waals surface area (Å²) in [5, 5.41) is 12.2. The first kappa shape index (κ1) is 7.95. The minimum Gasteiger partial charge on any atom is -0.392 e. The maximum atomic E-state index is 11.8. The Morgan fingerprint density at radius 2 is 2.30 bits per heavy atom. The Balaban J connectivity index is 2.18. The van der Waals surface area contributed by atoms with E-state index in [9.17, 15) is 4.39 Å². The minimum absolute atomic E-state index is 0.259. The van der Waals surface area contributed by atoms with Gasteiger partial charge in [0, 0.05) is 6.54 Å². The van der Waals surface area contributed by atoms with Gasteiger partial charge in [0.1, 0.15) is 0 Å². The molecule has 1 fully saturated rings. The Morgan fingerprint density at radius 3 is 2.90 bits per heavy atom. The lowest BCUT2D eigenvalue weighted by Crippen LogP contribution is -2.39. The highest BCUT2D eigenvalue weighted by molar-refractivity contribution is 4.74. The molecule has 0 aromatic heterocycles. The van der Waals surface area contributed by atoms with Crippen molar-refractivity contribution in [2.45, 2.75) is 18.9 Å². The molecule has 0 saturated carbocycles. The highest BCUT2D eigenvalue weighted by Gasteiger charge is 2.18. The Labute approximate surface area is 60.4 Å². The summed E-state index contributed by atoms with van der Waals surface area (Å²) in [5.74, 6) is 0.341. The topological polar surface area (TPSA) is 32.3 Å². The van der Waals surface area contributed by atoms with E-state index >= 15 is 0 Å². The summed E-state index contributed by atoms with van der Waals surface area (Å²) in [4.78, 5) is 0. The molecule has 0 bridgehead atoms. The van der Waals surface area contributed by atoms with Gasteiger partial charge in [0.05, 0.1) is 12.8 Å². The van der Waals surface area contributed by atoms with Crippen molar-refractivity contribution >= 4 is 0 Å². The van der Waals surface area contributed by atoms with Crippen LogP contribution in [0.1, 0.15) is 12.8 Å². The summed E-state index contributed by atoms with van der Waals surface area (Å²) in [6, 6.07) is 0. The van der Waals surface area contributed by atoms with Crippen molar-refractivity contribution in [2.24, 2.45) is 5.92 Å². The number of halogens is 1. The summed E-state index contributed by atoms with van der Waals surface area (Å²) >= 11 is 0. The van der Waals surface area contributed by atoms with Crippen LogP contribution in [-0.4, -0.2) is 31.0 Å². The Morgan fingerprint density at radius 1 is 1.50 bits per heavy atom. The quantitative estimate of drug-likeness (QED) is 0.589. The number of rotatable bonds is 2. The standard InChI is InChI=1S/C7H14FNO/c8-2-1-6-3-7(10)5-9-4-6/h6-7,9-10H,1-5H2/t6?,7-/m0/s1. The van der Waals surface area contributed by atoms with Gasteiger partial charge in [0.25, 0.3) is 0 Å². The Kier molecular flexibility index (Phi) is 3.09. The number of hydrogen-bond acceptors (Lipinski definition) is 2. The first-order valence-corrected chi connectivity index (χ1v) is 3.77. The van der Waals surface area contributed by atoms with Crippen LogP contribution in [0.3, 0.4) is 0 Å². The molecule has 2 nitrogen and oxygen atoms in total. The van der Waals surface area contributed by atoms with Gasteiger partial charge in [0.15, 0.2) is 0 Å². The number of hydrogen-bond donors (Lipinski definition) is 2. The second-order valence-electron chi connectivity index (χ2n) is 2.89. The molecular formula is C7H14FNO. The number of nitrogens with one attached hydrogen (secondary N) is 1. The lowest BCUT2D eigenvalue weighted by molar-refractivity contribution is 0.109. The van der Waals surface area contributed by atoms with Crippen molar-refractivity contribution in [1.29, 1.82) is 0 Å². The van der Waals surface area contributed by atoms with Crippen molar-refractivity contribution in [1.82, 2.24) is 5.32 Å². The van der Waals surface area contributed by atoms with Crippen molar-refractivity contribution < 1.29 is 9.50 Å². The normalized spacial score (nSPS) is 34.2. The average molecular weight is 147 g/mol. The van der Waals surface area contributed by atoms with E-state index in [1.165, 1.54) is 0 Å². The van der Waals surface area contributed by atoms with Crippen LogP contribution in [0, 0.1) is 5.92 Å². The molecule has 2 atom stereocenters. The molecule has 1 aliphatic rings. The molecule has 0 aliphatic carbocycles. The van der Waals surface area contributed by atoms with Crippen LogP contribution in [0.2, 0.25) is 0 Å². The zero-order chi connectivity index (χ0) is 7.40. The van der Waals surface area contributed by atoms with Gasteiger partial charge < -0.3 is 10.4 Å². The third-order valence-electron chi connectivity index (χ3n) is 1.94. The highest BCUT2D eigenvalue weighted by Crippen LogP contribution is 2.13. The number of piperidine rings is 1. The molecule has 0 radical (unpaired) electrons. The second kappa shape index (κ2) is 3.88. The molecule has 1 saturated heterocycles. The molecular weight excluding hydrogens is 133 g/mol. The summed E-state index contributed by atoms with van der Waals surface area (Å²) in [5.41, 5.74) is 0. The van der Waals surface area contributed by atoms with Gasteiger partial charge in [0.2, 0.25) is 0 Å². The molecule has 0 aromatic rings. The van der Waals surface area contributed by atoms with Crippen molar-refractivity contribution in [3.63, 3.8) is 0 Å². The van der Waals surface area contributed by atoms with Crippen molar-refractivity contribution in [3.05, 3.63) is 0 Å². The monoisotopic (exact) mass is 147 g/mol. The maximum absolute atomic E-state index is 11.8. The molecule has 1 unspecified atom stereocenters. The molecule has 0 amide bonds. The van der Waals surface area contributed by atoms with Crippen LogP contribution < -0.4 is 5.32 Å². The molecule has 1 rings (SSSR count). The molecule has 10 heavy (non-hydrogen) atoms. The second-order valence-corrected chi connectivity index (χ2v) is 2.89. The molecule has 1 heterocycles. The van der Waals surface area contributed by atoms with E-state index in [0.717, 1.165) is 13.0 Å². The van der Waals surface area contributed by atoms with Gasteiger partial charge in [-0.25, -0.2) is 0 Å². The molecule has 0 spiro atoms. The third-order valence-corrected chi connectivity index (χ3v) is 1.94. The SMILES string of the molecule is O[C@@H]1CNCC(CCF)C1. The van der Waals surface area contributed by atoms with E-state index in [-0.39, 0.29) is 12.8 Å². The third kappa shape index (κ3) is 2.23. The fourth-order valence-corrected chi connectivity index (χ4v) is 1.38. The van der Waals surface area contributed by atoms with Crippen LogP contribution in [0.5, 0.6) is 0 Å². The van der Waals surface area contributed by atoms with Gasteiger partial charge >= 0.3 is 0 Å². The van der Waals surface area contributed by atoms with E-state index in [1.807, 2.05) is 0 Å². The number of aliphatic hydroxyl groups is 1. The number of aliphatic hydroxyl groups excluding tert-OH is 1. The molecule has 2 N–H and O–H groups in total. The predicted molar refractivity (Wildman–Crippen MR) is 37.6 cm³/mol. The van der Waals surface area contributed by atoms with E-state index in [2.05, 4.69) is 5.32 Å². The van der Waals surface area contributed by atoms with Crippen LogP contribution in [0.25, 0.3) is 0 Å². The summed E-state index contributed by atoms with van der Waals surface area (Å²) in [6.45, 7) is 1.27. The lowest BCUT2D eigenvalue weighted by atomic mass is 9.95. The van der Waals surface area contributed by atoms with Crippen LogP contribution in [0.15, 0.2) is 0 Å². The Bertz CT molecular complexity index is 97.6. The summed E-state index contributed by atoms with van der Waals surface area (Å²) in [7, 11) is 0. The largest absolute Gasteiger partial charge is 0.392 e. The van der Waals surface area contributed by atoms with Gasteiger partial charge in [-0.1, -0.05) is 0 Å². The van der Waals surface area contributed by atoms with Crippen LogP contribution in [-0.2, 0) is 0 Å². The number of β-amino-alcohol motifs (C(OH)–C–C–N with tert-alkyl or cyclic N) is 1. The summed E-state index contributed by atoms with van der Waals surface area (Å²) < 4.78 is 11.8. The highest BCUT2D eigenvalue weighted by atomic mass is 19.1. The fraction of sp³-hybridized carbons (Fsp3) is 1.00. The van der Waals surface area contributed by atoms with E-state index in [1.54, 1.807) is 0 Å². The van der Waals surface area contributed by atoms with Gasteiger partial charge in [-0.15, -0.1) is 0 Å².